The first kappa shape index (κ1) is 21.2. The molecule has 2 atom stereocenters. The molecule has 0 radical (unpaired) electrons. The normalized spacial score (nSPS) is 19.2. The molecule has 1 aliphatic rings. The minimum atomic E-state index is -0.00993. The number of carbonyl (C=O) groups is 1. The summed E-state index contributed by atoms with van der Waals surface area (Å²) in [6, 6.07) is 7.81. The molecular formula is C18H28Cl2N2O2. The molecule has 1 heterocycles. The highest BCUT2D eigenvalue weighted by Crippen LogP contribution is 2.30. The number of amides is 1. The molecule has 6 heteroatoms. The molecule has 136 valence electrons. The summed E-state index contributed by atoms with van der Waals surface area (Å²) >= 11 is 5.97. The first-order valence-corrected chi connectivity index (χ1v) is 8.57. The molecule has 2 N–H and O–H groups in total. The first-order valence-electron chi connectivity index (χ1n) is 8.19. The van der Waals surface area contributed by atoms with E-state index in [0.29, 0.717) is 18.1 Å². The fourth-order valence-electron chi connectivity index (χ4n) is 2.79. The van der Waals surface area contributed by atoms with Gasteiger partial charge in [0.1, 0.15) is 0 Å². The maximum absolute atomic E-state index is 12.4. The highest BCUT2D eigenvalue weighted by molar-refractivity contribution is 6.30. The van der Waals surface area contributed by atoms with Crippen LogP contribution < -0.4 is 10.6 Å². The molecule has 1 aromatic carbocycles. The van der Waals surface area contributed by atoms with Gasteiger partial charge in [0.25, 0.3) is 0 Å². The quantitative estimate of drug-likeness (QED) is 0.825. The van der Waals surface area contributed by atoms with Gasteiger partial charge in [-0.15, -0.1) is 12.4 Å². The molecule has 0 aliphatic carbocycles. The average Bonchev–Trinajstić information content (AvgIpc) is 2.47. The Bertz CT molecular complexity index is 509. The number of hydrogen-bond acceptors (Lipinski definition) is 3. The number of benzene rings is 1. The van der Waals surface area contributed by atoms with Crippen molar-refractivity contribution in [2.75, 3.05) is 19.8 Å². The molecule has 1 saturated heterocycles. The molecule has 0 spiro atoms. The monoisotopic (exact) mass is 374 g/mol. The molecular weight excluding hydrogens is 347 g/mol. The van der Waals surface area contributed by atoms with Gasteiger partial charge in [-0.1, -0.05) is 44.5 Å². The van der Waals surface area contributed by atoms with Crippen molar-refractivity contribution in [3.8, 4) is 0 Å². The van der Waals surface area contributed by atoms with E-state index in [2.05, 4.69) is 31.4 Å². The molecule has 1 aliphatic heterocycles. The minimum absolute atomic E-state index is 0. The predicted molar refractivity (Wildman–Crippen MR) is 101 cm³/mol. The Morgan fingerprint density at radius 1 is 1.38 bits per heavy atom. The maximum atomic E-state index is 12.4. The number of ether oxygens (including phenoxy) is 1. The average molecular weight is 375 g/mol. The van der Waals surface area contributed by atoms with Crippen LogP contribution in [-0.2, 0) is 9.53 Å². The van der Waals surface area contributed by atoms with Crippen LogP contribution in [0, 0.1) is 5.41 Å². The topological polar surface area (TPSA) is 50.4 Å². The number of halogens is 2. The molecule has 0 aromatic heterocycles. The fourth-order valence-corrected chi connectivity index (χ4v) is 2.91. The summed E-state index contributed by atoms with van der Waals surface area (Å²) in [5, 5.41) is 7.20. The van der Waals surface area contributed by atoms with Crippen molar-refractivity contribution in [1.82, 2.24) is 10.6 Å². The summed E-state index contributed by atoms with van der Waals surface area (Å²) in [6.45, 7) is 8.66. The summed E-state index contributed by atoms with van der Waals surface area (Å²) < 4.78 is 5.41. The van der Waals surface area contributed by atoms with Crippen molar-refractivity contribution in [2.24, 2.45) is 5.41 Å². The van der Waals surface area contributed by atoms with Crippen molar-refractivity contribution >= 4 is 29.9 Å². The Kier molecular flexibility index (Phi) is 8.51. The second kappa shape index (κ2) is 9.62. The van der Waals surface area contributed by atoms with Gasteiger partial charge in [0, 0.05) is 24.0 Å². The fraction of sp³-hybridized carbons (Fsp3) is 0.611. The second-order valence-corrected chi connectivity index (χ2v) is 7.80. The van der Waals surface area contributed by atoms with Crippen LogP contribution in [0.2, 0.25) is 5.02 Å². The zero-order chi connectivity index (χ0) is 16.9. The number of rotatable bonds is 5. The number of hydrogen-bond donors (Lipinski definition) is 2. The van der Waals surface area contributed by atoms with Gasteiger partial charge in [0.2, 0.25) is 5.91 Å². The SMILES string of the molecule is CC(C)(C)CC(NC(=O)CC1COCCN1)c1ccc(Cl)cc1.Cl. The maximum Gasteiger partial charge on any atom is 0.222 e. The standard InChI is InChI=1S/C18H27ClN2O2.ClH/c1-18(2,3)11-16(13-4-6-14(19)7-5-13)21-17(22)10-15-12-23-9-8-20-15;/h4-7,15-16,20H,8-12H2,1-3H3,(H,21,22);1H. The molecule has 2 unspecified atom stereocenters. The number of morpholine rings is 1. The second-order valence-electron chi connectivity index (χ2n) is 7.37. The van der Waals surface area contributed by atoms with Crippen LogP contribution in [0.25, 0.3) is 0 Å². The highest BCUT2D eigenvalue weighted by atomic mass is 35.5. The van der Waals surface area contributed by atoms with E-state index in [1.165, 1.54) is 0 Å². The molecule has 2 rings (SSSR count). The van der Waals surface area contributed by atoms with Gasteiger partial charge in [-0.05, 0) is 29.5 Å². The van der Waals surface area contributed by atoms with Crippen LogP contribution in [0.5, 0.6) is 0 Å². The van der Waals surface area contributed by atoms with E-state index in [1.807, 2.05) is 24.3 Å². The van der Waals surface area contributed by atoms with Gasteiger partial charge in [0.05, 0.1) is 19.3 Å². The third kappa shape index (κ3) is 7.39. The number of nitrogens with one attached hydrogen (secondary N) is 2. The van der Waals surface area contributed by atoms with Gasteiger partial charge in [-0.2, -0.15) is 0 Å². The van der Waals surface area contributed by atoms with E-state index >= 15 is 0 Å². The molecule has 1 amide bonds. The Balaban J connectivity index is 0.00000288. The lowest BCUT2D eigenvalue weighted by Crippen LogP contribution is -2.44. The van der Waals surface area contributed by atoms with Crippen LogP contribution in [0.3, 0.4) is 0 Å². The smallest absolute Gasteiger partial charge is 0.222 e. The summed E-state index contributed by atoms with van der Waals surface area (Å²) in [5.41, 5.74) is 1.20. The predicted octanol–water partition coefficient (Wildman–Crippen LogP) is 3.73. The van der Waals surface area contributed by atoms with Crippen molar-refractivity contribution in [3.63, 3.8) is 0 Å². The van der Waals surface area contributed by atoms with Crippen LogP contribution >= 0.6 is 24.0 Å². The Morgan fingerprint density at radius 3 is 2.58 bits per heavy atom. The van der Waals surface area contributed by atoms with Crippen LogP contribution in [0.15, 0.2) is 24.3 Å². The van der Waals surface area contributed by atoms with E-state index in [4.69, 9.17) is 16.3 Å². The first-order chi connectivity index (χ1) is 10.8. The molecule has 0 bridgehead atoms. The zero-order valence-corrected chi connectivity index (χ0v) is 16.2. The van der Waals surface area contributed by atoms with Crippen molar-refractivity contribution in [2.45, 2.75) is 45.7 Å². The van der Waals surface area contributed by atoms with Crippen molar-refractivity contribution in [3.05, 3.63) is 34.9 Å². The van der Waals surface area contributed by atoms with Crippen LogP contribution in [-0.4, -0.2) is 31.7 Å². The molecule has 1 fully saturated rings. The largest absolute Gasteiger partial charge is 0.378 e. The third-order valence-corrected chi connectivity index (χ3v) is 4.11. The molecule has 24 heavy (non-hydrogen) atoms. The molecule has 0 saturated carbocycles. The van der Waals surface area contributed by atoms with Crippen LogP contribution in [0.1, 0.15) is 45.2 Å². The van der Waals surface area contributed by atoms with E-state index in [1.54, 1.807) is 0 Å². The summed E-state index contributed by atoms with van der Waals surface area (Å²) in [4.78, 5) is 12.4. The van der Waals surface area contributed by atoms with E-state index in [0.717, 1.165) is 25.1 Å². The lowest BCUT2D eigenvalue weighted by atomic mass is 9.85. The lowest BCUT2D eigenvalue weighted by Gasteiger charge is -2.29. The summed E-state index contributed by atoms with van der Waals surface area (Å²) in [7, 11) is 0. The zero-order valence-electron chi connectivity index (χ0n) is 14.6. The van der Waals surface area contributed by atoms with Gasteiger partial charge in [-0.3, -0.25) is 4.79 Å². The van der Waals surface area contributed by atoms with Gasteiger partial charge in [0.15, 0.2) is 0 Å². The van der Waals surface area contributed by atoms with E-state index < -0.39 is 0 Å². The van der Waals surface area contributed by atoms with Gasteiger partial charge >= 0.3 is 0 Å². The Morgan fingerprint density at radius 2 is 2.04 bits per heavy atom. The Hall–Kier alpha value is -0.810. The van der Waals surface area contributed by atoms with Gasteiger partial charge < -0.3 is 15.4 Å². The summed E-state index contributed by atoms with van der Waals surface area (Å²) in [5.74, 6) is 0.0530. The molecule has 4 nitrogen and oxygen atoms in total. The summed E-state index contributed by atoms with van der Waals surface area (Å²) in [6.07, 6.45) is 1.31. The highest BCUT2D eigenvalue weighted by Gasteiger charge is 2.24. The number of carbonyl (C=O) groups excluding carboxylic acids is 1. The minimum Gasteiger partial charge on any atom is -0.378 e. The van der Waals surface area contributed by atoms with E-state index in [-0.39, 0.29) is 35.8 Å². The van der Waals surface area contributed by atoms with Crippen molar-refractivity contribution in [1.29, 1.82) is 0 Å². The Labute approximate surface area is 156 Å². The van der Waals surface area contributed by atoms with Crippen LogP contribution in [0.4, 0.5) is 0 Å². The van der Waals surface area contributed by atoms with Gasteiger partial charge in [-0.25, -0.2) is 0 Å². The third-order valence-electron chi connectivity index (χ3n) is 3.85. The van der Waals surface area contributed by atoms with E-state index in [9.17, 15) is 4.79 Å². The van der Waals surface area contributed by atoms with Crippen molar-refractivity contribution < 1.29 is 9.53 Å². The lowest BCUT2D eigenvalue weighted by molar-refractivity contribution is -0.123. The molecule has 1 aromatic rings.